The molecule has 2 N–H and O–H groups in total. The zero-order valence-corrected chi connectivity index (χ0v) is 11.3. The van der Waals surface area contributed by atoms with Gasteiger partial charge in [-0.05, 0) is 11.4 Å². The summed E-state index contributed by atoms with van der Waals surface area (Å²) in [5.41, 5.74) is 0.0238. The van der Waals surface area contributed by atoms with Crippen LogP contribution in [0, 0.1) is 0 Å². The third kappa shape index (κ3) is 3.22. The standard InChI is InChI=1S/C12H12N2O5S/c1-18-6-8(12(16)17)13-11(15)7-5-9(19-14-7)10-3-2-4-20-10/h2-5,8H,6H2,1H3,(H,13,15)(H,16,17). The molecule has 1 atom stereocenters. The van der Waals surface area contributed by atoms with E-state index in [1.165, 1.54) is 24.5 Å². The maximum absolute atomic E-state index is 11.9. The molecule has 0 radical (unpaired) electrons. The first kappa shape index (κ1) is 14.2. The summed E-state index contributed by atoms with van der Waals surface area (Å²) in [5, 5.41) is 16.7. The first-order valence-electron chi connectivity index (χ1n) is 5.65. The van der Waals surface area contributed by atoms with Gasteiger partial charge in [-0.25, -0.2) is 4.79 Å². The number of nitrogens with zero attached hydrogens (tertiary/aromatic N) is 1. The number of carbonyl (C=O) groups is 2. The highest BCUT2D eigenvalue weighted by atomic mass is 32.1. The molecule has 0 saturated heterocycles. The summed E-state index contributed by atoms with van der Waals surface area (Å²) in [6.07, 6.45) is 0. The molecule has 0 saturated carbocycles. The van der Waals surface area contributed by atoms with Gasteiger partial charge in [-0.3, -0.25) is 4.79 Å². The van der Waals surface area contributed by atoms with Gasteiger partial charge in [0.2, 0.25) is 0 Å². The fourth-order valence-corrected chi connectivity index (χ4v) is 2.16. The Labute approximate surface area is 118 Å². The molecule has 2 heterocycles. The van der Waals surface area contributed by atoms with Crippen LogP contribution in [0.1, 0.15) is 10.5 Å². The fraction of sp³-hybridized carbons (Fsp3) is 0.250. The van der Waals surface area contributed by atoms with E-state index in [4.69, 9.17) is 14.4 Å². The van der Waals surface area contributed by atoms with Crippen molar-refractivity contribution in [3.05, 3.63) is 29.3 Å². The van der Waals surface area contributed by atoms with Gasteiger partial charge in [0.15, 0.2) is 17.5 Å². The van der Waals surface area contributed by atoms with Gasteiger partial charge < -0.3 is 19.7 Å². The van der Waals surface area contributed by atoms with E-state index in [-0.39, 0.29) is 12.3 Å². The lowest BCUT2D eigenvalue weighted by molar-refractivity contribution is -0.140. The van der Waals surface area contributed by atoms with E-state index in [0.29, 0.717) is 5.76 Å². The molecule has 20 heavy (non-hydrogen) atoms. The van der Waals surface area contributed by atoms with Crippen LogP contribution in [0.3, 0.4) is 0 Å². The minimum absolute atomic E-state index is 0.0238. The molecule has 0 aromatic carbocycles. The monoisotopic (exact) mass is 296 g/mol. The number of amides is 1. The van der Waals surface area contributed by atoms with Crippen LogP contribution in [0.4, 0.5) is 0 Å². The van der Waals surface area contributed by atoms with E-state index in [9.17, 15) is 9.59 Å². The number of carboxylic acid groups (broad SMARTS) is 1. The Balaban J connectivity index is 2.08. The maximum Gasteiger partial charge on any atom is 0.328 e. The highest BCUT2D eigenvalue weighted by Crippen LogP contribution is 2.25. The summed E-state index contributed by atoms with van der Waals surface area (Å²) < 4.78 is 9.78. The second-order valence-corrected chi connectivity index (χ2v) is 4.82. The smallest absolute Gasteiger partial charge is 0.328 e. The summed E-state index contributed by atoms with van der Waals surface area (Å²) in [6.45, 7) is -0.128. The van der Waals surface area contributed by atoms with Gasteiger partial charge >= 0.3 is 5.97 Å². The molecule has 0 aliphatic heterocycles. The van der Waals surface area contributed by atoms with Gasteiger partial charge in [-0.1, -0.05) is 11.2 Å². The number of hydrogen-bond acceptors (Lipinski definition) is 6. The van der Waals surface area contributed by atoms with Gasteiger partial charge in [0.05, 0.1) is 11.5 Å². The first-order chi connectivity index (χ1) is 9.61. The first-order valence-corrected chi connectivity index (χ1v) is 6.53. The predicted octanol–water partition coefficient (Wildman–Crippen LogP) is 1.23. The number of aliphatic carboxylic acids is 1. The molecule has 1 unspecified atom stereocenters. The molecule has 2 aromatic heterocycles. The number of nitrogens with one attached hydrogen (secondary N) is 1. The summed E-state index contributed by atoms with van der Waals surface area (Å²) >= 11 is 1.45. The molecule has 0 aliphatic carbocycles. The minimum Gasteiger partial charge on any atom is -0.480 e. The van der Waals surface area contributed by atoms with E-state index in [2.05, 4.69) is 10.5 Å². The van der Waals surface area contributed by atoms with Crippen molar-refractivity contribution in [2.24, 2.45) is 0 Å². The number of carbonyl (C=O) groups excluding carboxylic acids is 1. The van der Waals surface area contributed by atoms with E-state index in [1.54, 1.807) is 0 Å². The van der Waals surface area contributed by atoms with Crippen LogP contribution in [-0.4, -0.2) is 41.9 Å². The summed E-state index contributed by atoms with van der Waals surface area (Å²) in [5.74, 6) is -1.34. The van der Waals surface area contributed by atoms with Crippen LogP contribution in [-0.2, 0) is 9.53 Å². The molecule has 0 bridgehead atoms. The molecule has 0 aliphatic rings. The number of rotatable bonds is 6. The molecule has 2 aromatic rings. The maximum atomic E-state index is 11.9. The fourth-order valence-electron chi connectivity index (χ4n) is 1.49. The van der Waals surface area contributed by atoms with Crippen LogP contribution in [0.2, 0.25) is 0 Å². The molecule has 8 heteroatoms. The molecular weight excluding hydrogens is 284 g/mol. The van der Waals surface area contributed by atoms with Crippen molar-refractivity contribution in [1.29, 1.82) is 0 Å². The number of methoxy groups -OCH3 is 1. The highest BCUT2D eigenvalue weighted by molar-refractivity contribution is 7.13. The lowest BCUT2D eigenvalue weighted by atomic mass is 10.2. The molecule has 106 valence electrons. The van der Waals surface area contributed by atoms with Crippen LogP contribution in [0.15, 0.2) is 28.1 Å². The molecule has 1 amide bonds. The number of carboxylic acids is 1. The van der Waals surface area contributed by atoms with E-state index in [0.717, 1.165) is 4.88 Å². The predicted molar refractivity (Wildman–Crippen MR) is 70.6 cm³/mol. The number of thiophene rings is 1. The average Bonchev–Trinajstić information content (AvgIpc) is 3.08. The van der Waals surface area contributed by atoms with E-state index in [1.807, 2.05) is 17.5 Å². The average molecular weight is 296 g/mol. The van der Waals surface area contributed by atoms with Gasteiger partial charge in [0.1, 0.15) is 0 Å². The molecule has 7 nitrogen and oxygen atoms in total. The largest absolute Gasteiger partial charge is 0.480 e. The van der Waals surface area contributed by atoms with Crippen molar-refractivity contribution in [1.82, 2.24) is 10.5 Å². The summed E-state index contributed by atoms with van der Waals surface area (Å²) in [7, 11) is 1.35. The van der Waals surface area contributed by atoms with Crippen molar-refractivity contribution in [2.75, 3.05) is 13.7 Å². The highest BCUT2D eigenvalue weighted by Gasteiger charge is 2.22. The third-order valence-corrected chi connectivity index (χ3v) is 3.33. The normalized spacial score (nSPS) is 12.1. The second-order valence-electron chi connectivity index (χ2n) is 3.87. The Morgan fingerprint density at radius 2 is 2.40 bits per heavy atom. The molecule has 2 rings (SSSR count). The van der Waals surface area contributed by atoms with Gasteiger partial charge in [-0.2, -0.15) is 0 Å². The van der Waals surface area contributed by atoms with Crippen molar-refractivity contribution in [3.63, 3.8) is 0 Å². The van der Waals surface area contributed by atoms with Crippen molar-refractivity contribution >= 4 is 23.2 Å². The Morgan fingerprint density at radius 1 is 1.60 bits per heavy atom. The Morgan fingerprint density at radius 3 is 3.00 bits per heavy atom. The van der Waals surface area contributed by atoms with Gasteiger partial charge in [-0.15, -0.1) is 11.3 Å². The molecule has 0 fully saturated rings. The third-order valence-electron chi connectivity index (χ3n) is 2.44. The Hall–Kier alpha value is -2.19. The number of aromatic nitrogens is 1. The number of hydrogen-bond donors (Lipinski definition) is 2. The van der Waals surface area contributed by atoms with Crippen molar-refractivity contribution < 1.29 is 24.0 Å². The van der Waals surface area contributed by atoms with Gasteiger partial charge in [0.25, 0.3) is 5.91 Å². The zero-order valence-electron chi connectivity index (χ0n) is 10.5. The van der Waals surface area contributed by atoms with Crippen LogP contribution < -0.4 is 5.32 Å². The Bertz CT molecular complexity index is 593. The van der Waals surface area contributed by atoms with Gasteiger partial charge in [0, 0.05) is 13.2 Å². The van der Waals surface area contributed by atoms with Crippen molar-refractivity contribution in [3.8, 4) is 10.6 Å². The summed E-state index contributed by atoms with van der Waals surface area (Å²) in [6, 6.07) is 4.01. The van der Waals surface area contributed by atoms with Crippen molar-refractivity contribution in [2.45, 2.75) is 6.04 Å². The minimum atomic E-state index is -1.18. The SMILES string of the molecule is COCC(NC(=O)c1cc(-c2cccs2)on1)C(=O)O. The van der Waals surface area contributed by atoms with Crippen LogP contribution in [0.5, 0.6) is 0 Å². The van der Waals surface area contributed by atoms with Crippen LogP contribution in [0.25, 0.3) is 10.6 Å². The van der Waals surface area contributed by atoms with E-state index < -0.39 is 17.9 Å². The van der Waals surface area contributed by atoms with Crippen LogP contribution >= 0.6 is 11.3 Å². The topological polar surface area (TPSA) is 102 Å². The lowest BCUT2D eigenvalue weighted by Gasteiger charge is -2.11. The lowest BCUT2D eigenvalue weighted by Crippen LogP contribution is -2.43. The summed E-state index contributed by atoms with van der Waals surface area (Å²) in [4.78, 5) is 23.6. The second kappa shape index (κ2) is 6.31. The zero-order chi connectivity index (χ0) is 14.5. The quantitative estimate of drug-likeness (QED) is 0.831. The Kier molecular flexibility index (Phi) is 4.49. The molecular formula is C12H12N2O5S. The number of ether oxygens (including phenoxy) is 1. The van der Waals surface area contributed by atoms with E-state index >= 15 is 0 Å². The molecule has 0 spiro atoms.